The summed E-state index contributed by atoms with van der Waals surface area (Å²) in [5.74, 6) is 0.0263. The second-order valence-corrected chi connectivity index (χ2v) is 4.12. The van der Waals surface area contributed by atoms with Gasteiger partial charge in [0.15, 0.2) is 5.78 Å². The van der Waals surface area contributed by atoms with Crippen LogP contribution in [0.1, 0.15) is 17.3 Å². The van der Waals surface area contributed by atoms with Gasteiger partial charge in [0.1, 0.15) is 0 Å². The highest BCUT2D eigenvalue weighted by Gasteiger charge is 2.03. The Morgan fingerprint density at radius 3 is 2.53 bits per heavy atom. The Hall–Kier alpha value is -1.42. The summed E-state index contributed by atoms with van der Waals surface area (Å²) in [6.45, 7) is 1.53. The summed E-state index contributed by atoms with van der Waals surface area (Å²) >= 11 is 3.36. The molecule has 1 heterocycles. The van der Waals surface area contributed by atoms with Gasteiger partial charge in [-0.25, -0.2) is 4.68 Å². The topological polar surface area (TPSA) is 34.9 Å². The van der Waals surface area contributed by atoms with Crippen molar-refractivity contribution < 1.29 is 4.79 Å². The minimum atomic E-state index is 0.0263. The predicted octanol–water partition coefficient (Wildman–Crippen LogP) is 2.84. The molecule has 1 aromatic carbocycles. The van der Waals surface area contributed by atoms with E-state index in [-0.39, 0.29) is 5.78 Å². The maximum Gasteiger partial charge on any atom is 0.162 e. The molecular weight excluding hydrogens is 256 g/mol. The second-order valence-electron chi connectivity index (χ2n) is 3.21. The molecular formula is C11H9BrN2O. The molecule has 0 saturated heterocycles. The number of carbonyl (C=O) groups is 1. The van der Waals surface area contributed by atoms with Gasteiger partial charge in [0.05, 0.1) is 17.4 Å². The summed E-state index contributed by atoms with van der Waals surface area (Å²) in [6, 6.07) is 7.73. The number of carbonyl (C=O) groups excluding carboxylic acids is 1. The molecule has 0 atom stereocenters. The third-order valence-electron chi connectivity index (χ3n) is 2.08. The van der Waals surface area contributed by atoms with Crippen molar-refractivity contribution in [2.45, 2.75) is 6.92 Å². The normalized spacial score (nSPS) is 10.3. The van der Waals surface area contributed by atoms with Crippen molar-refractivity contribution in [1.82, 2.24) is 9.78 Å². The fourth-order valence-electron chi connectivity index (χ4n) is 1.24. The van der Waals surface area contributed by atoms with E-state index in [0.29, 0.717) is 5.56 Å². The van der Waals surface area contributed by atoms with Crippen LogP contribution in [0.5, 0.6) is 0 Å². The zero-order chi connectivity index (χ0) is 10.8. The summed E-state index contributed by atoms with van der Waals surface area (Å²) in [5, 5.41) is 4.12. The van der Waals surface area contributed by atoms with Gasteiger partial charge in [-0.3, -0.25) is 4.79 Å². The van der Waals surface area contributed by atoms with Crippen LogP contribution in [0, 0.1) is 0 Å². The molecule has 4 heteroatoms. The summed E-state index contributed by atoms with van der Waals surface area (Å²) in [4.78, 5) is 11.1. The molecule has 0 fully saturated rings. The number of hydrogen-bond acceptors (Lipinski definition) is 2. The van der Waals surface area contributed by atoms with Crippen molar-refractivity contribution in [2.75, 3.05) is 0 Å². The van der Waals surface area contributed by atoms with E-state index in [0.717, 1.165) is 10.2 Å². The number of Topliss-reactive ketones (excluding diaryl/α,β-unsaturated/α-hetero) is 1. The molecule has 0 amide bonds. The Morgan fingerprint density at radius 1 is 1.33 bits per heavy atom. The number of halogens is 1. The smallest absolute Gasteiger partial charge is 0.162 e. The third kappa shape index (κ3) is 2.15. The van der Waals surface area contributed by atoms with E-state index >= 15 is 0 Å². The average molecular weight is 265 g/mol. The molecule has 0 bridgehead atoms. The molecule has 0 spiro atoms. The third-order valence-corrected chi connectivity index (χ3v) is 2.61. The van der Waals surface area contributed by atoms with Gasteiger partial charge in [-0.1, -0.05) is 15.9 Å². The van der Waals surface area contributed by atoms with Crippen LogP contribution < -0.4 is 0 Å². The van der Waals surface area contributed by atoms with E-state index in [2.05, 4.69) is 21.0 Å². The van der Waals surface area contributed by atoms with E-state index < -0.39 is 0 Å². The van der Waals surface area contributed by atoms with Crippen LogP contribution in [0.4, 0.5) is 0 Å². The Balaban J connectivity index is 2.37. The van der Waals surface area contributed by atoms with Crippen molar-refractivity contribution in [3.8, 4) is 5.69 Å². The van der Waals surface area contributed by atoms with Crippen molar-refractivity contribution in [2.24, 2.45) is 0 Å². The number of aromatic nitrogens is 2. The van der Waals surface area contributed by atoms with E-state index in [1.807, 2.05) is 24.3 Å². The standard InChI is InChI=1S/C11H9BrN2O/c1-8(15)9-6-13-14(7-9)11-4-2-10(12)3-5-11/h2-7H,1H3. The fraction of sp³-hybridized carbons (Fsp3) is 0.0909. The maximum absolute atomic E-state index is 11.1. The molecule has 0 saturated carbocycles. The first-order chi connectivity index (χ1) is 7.16. The highest BCUT2D eigenvalue weighted by Crippen LogP contribution is 2.14. The molecule has 76 valence electrons. The molecule has 0 aliphatic carbocycles. The number of nitrogens with zero attached hydrogens (tertiary/aromatic N) is 2. The van der Waals surface area contributed by atoms with Gasteiger partial charge in [-0.15, -0.1) is 0 Å². The van der Waals surface area contributed by atoms with Crippen molar-refractivity contribution in [3.05, 3.63) is 46.7 Å². The van der Waals surface area contributed by atoms with Gasteiger partial charge >= 0.3 is 0 Å². The molecule has 0 radical (unpaired) electrons. The summed E-state index contributed by atoms with van der Waals surface area (Å²) in [5.41, 5.74) is 1.56. The van der Waals surface area contributed by atoms with E-state index in [9.17, 15) is 4.79 Å². The van der Waals surface area contributed by atoms with Crippen LogP contribution in [0.3, 0.4) is 0 Å². The van der Waals surface area contributed by atoms with Crippen molar-refractivity contribution in [3.63, 3.8) is 0 Å². The molecule has 15 heavy (non-hydrogen) atoms. The minimum Gasteiger partial charge on any atom is -0.294 e. The molecule has 2 rings (SSSR count). The Bertz CT molecular complexity index is 488. The Labute approximate surface area is 95.9 Å². The second kappa shape index (κ2) is 3.98. The Kier molecular flexibility index (Phi) is 2.68. The fourth-order valence-corrected chi connectivity index (χ4v) is 1.50. The quantitative estimate of drug-likeness (QED) is 0.782. The zero-order valence-corrected chi connectivity index (χ0v) is 9.73. The number of rotatable bonds is 2. The average Bonchev–Trinajstić information content (AvgIpc) is 2.68. The van der Waals surface area contributed by atoms with Crippen molar-refractivity contribution in [1.29, 1.82) is 0 Å². The van der Waals surface area contributed by atoms with Crippen LogP contribution in [0.15, 0.2) is 41.1 Å². The molecule has 0 N–H and O–H groups in total. The Morgan fingerprint density at radius 2 is 2.00 bits per heavy atom. The highest BCUT2D eigenvalue weighted by atomic mass is 79.9. The molecule has 0 aliphatic rings. The van der Waals surface area contributed by atoms with Crippen LogP contribution in [-0.4, -0.2) is 15.6 Å². The highest BCUT2D eigenvalue weighted by molar-refractivity contribution is 9.10. The minimum absolute atomic E-state index is 0.0263. The van der Waals surface area contributed by atoms with Crippen LogP contribution in [0.2, 0.25) is 0 Å². The van der Waals surface area contributed by atoms with Gasteiger partial charge in [-0.2, -0.15) is 5.10 Å². The van der Waals surface area contributed by atoms with E-state index in [4.69, 9.17) is 0 Å². The zero-order valence-electron chi connectivity index (χ0n) is 8.14. The number of hydrogen-bond donors (Lipinski definition) is 0. The van der Waals surface area contributed by atoms with Crippen molar-refractivity contribution >= 4 is 21.7 Å². The molecule has 0 aliphatic heterocycles. The number of benzene rings is 1. The van der Waals surface area contributed by atoms with Crippen LogP contribution >= 0.6 is 15.9 Å². The lowest BCUT2D eigenvalue weighted by Gasteiger charge is -1.99. The first kappa shape index (κ1) is 10.1. The largest absolute Gasteiger partial charge is 0.294 e. The van der Waals surface area contributed by atoms with Gasteiger partial charge in [0, 0.05) is 10.7 Å². The van der Waals surface area contributed by atoms with Crippen LogP contribution in [-0.2, 0) is 0 Å². The van der Waals surface area contributed by atoms with E-state index in [1.54, 1.807) is 17.1 Å². The predicted molar refractivity (Wildman–Crippen MR) is 61.3 cm³/mol. The lowest BCUT2D eigenvalue weighted by molar-refractivity contribution is 0.101. The lowest BCUT2D eigenvalue weighted by Crippen LogP contribution is -1.93. The summed E-state index contributed by atoms with van der Waals surface area (Å²) in [6.07, 6.45) is 3.30. The molecule has 0 unspecified atom stereocenters. The lowest BCUT2D eigenvalue weighted by atomic mass is 10.2. The van der Waals surface area contributed by atoms with Gasteiger partial charge in [-0.05, 0) is 31.2 Å². The summed E-state index contributed by atoms with van der Waals surface area (Å²) < 4.78 is 2.70. The first-order valence-electron chi connectivity index (χ1n) is 4.48. The van der Waals surface area contributed by atoms with E-state index in [1.165, 1.54) is 6.92 Å². The first-order valence-corrected chi connectivity index (χ1v) is 5.27. The van der Waals surface area contributed by atoms with Crippen LogP contribution in [0.25, 0.3) is 5.69 Å². The van der Waals surface area contributed by atoms with Gasteiger partial charge in [0.25, 0.3) is 0 Å². The molecule has 1 aromatic heterocycles. The monoisotopic (exact) mass is 264 g/mol. The van der Waals surface area contributed by atoms with Gasteiger partial charge < -0.3 is 0 Å². The SMILES string of the molecule is CC(=O)c1cnn(-c2ccc(Br)cc2)c1. The summed E-state index contributed by atoms with van der Waals surface area (Å²) in [7, 11) is 0. The van der Waals surface area contributed by atoms with Gasteiger partial charge in [0.2, 0.25) is 0 Å². The maximum atomic E-state index is 11.1. The molecule has 3 nitrogen and oxygen atoms in total. The number of ketones is 1. The molecule has 2 aromatic rings.